The van der Waals surface area contributed by atoms with Crippen LogP contribution in [0, 0.1) is 6.92 Å². The van der Waals surface area contributed by atoms with E-state index in [1.54, 1.807) is 7.11 Å². The third-order valence-corrected chi connectivity index (χ3v) is 6.78. The Morgan fingerprint density at radius 2 is 2.00 bits per heavy atom. The molecule has 0 amide bonds. The summed E-state index contributed by atoms with van der Waals surface area (Å²) in [5.41, 5.74) is 5.70. The Balaban J connectivity index is 1.35. The van der Waals surface area contributed by atoms with Crippen molar-refractivity contribution in [2.24, 2.45) is 0 Å². The standard InChI is InChI=1S/C25H32N6O/c1-18-7-5-8-20(24(18)32-2)17-30-12-6-9-19(16-30)23-21(15-27-29-23)22-10-11-26-25(28-22)31-13-3-4-14-31/h5,7-8,10-11,15,19H,3-4,6,9,12-14,16-17H2,1-2H3,(H,27,29). The summed E-state index contributed by atoms with van der Waals surface area (Å²) in [5, 5.41) is 7.72. The second kappa shape index (κ2) is 9.28. The van der Waals surface area contributed by atoms with Crippen LogP contribution in [0.1, 0.15) is 48.4 Å². The number of aromatic amines is 1. The Morgan fingerprint density at radius 1 is 1.12 bits per heavy atom. The third kappa shape index (κ3) is 4.21. The monoisotopic (exact) mass is 432 g/mol. The topological polar surface area (TPSA) is 70.2 Å². The van der Waals surface area contributed by atoms with Crippen LogP contribution in [0.5, 0.6) is 5.75 Å². The summed E-state index contributed by atoms with van der Waals surface area (Å²) >= 11 is 0. The molecule has 2 aliphatic rings. The predicted octanol–water partition coefficient (Wildman–Crippen LogP) is 4.16. The average molecular weight is 433 g/mol. The summed E-state index contributed by atoms with van der Waals surface area (Å²) in [6, 6.07) is 8.41. The number of aryl methyl sites for hydroxylation is 1. The number of nitrogens with one attached hydrogen (secondary N) is 1. The number of piperidine rings is 1. The molecule has 2 aliphatic heterocycles. The highest BCUT2D eigenvalue weighted by atomic mass is 16.5. The fraction of sp³-hybridized carbons (Fsp3) is 0.480. The van der Waals surface area contributed by atoms with E-state index < -0.39 is 0 Å². The summed E-state index contributed by atoms with van der Waals surface area (Å²) in [4.78, 5) is 14.2. The molecule has 0 aliphatic carbocycles. The van der Waals surface area contributed by atoms with Crippen molar-refractivity contribution in [3.8, 4) is 17.0 Å². The number of ether oxygens (including phenoxy) is 1. The molecule has 1 aromatic carbocycles. The molecular weight excluding hydrogens is 400 g/mol. The van der Waals surface area contributed by atoms with Crippen molar-refractivity contribution in [3.63, 3.8) is 0 Å². The van der Waals surface area contributed by atoms with Crippen LogP contribution in [0.25, 0.3) is 11.3 Å². The van der Waals surface area contributed by atoms with Gasteiger partial charge in [-0.2, -0.15) is 5.10 Å². The van der Waals surface area contributed by atoms with E-state index in [1.807, 2.05) is 18.5 Å². The minimum atomic E-state index is 0.405. The Bertz CT molecular complexity index is 1060. The molecule has 7 nitrogen and oxygen atoms in total. The molecule has 3 aromatic rings. The molecule has 2 aromatic heterocycles. The van der Waals surface area contributed by atoms with E-state index in [0.717, 1.165) is 62.1 Å². The van der Waals surface area contributed by atoms with E-state index in [9.17, 15) is 0 Å². The molecule has 32 heavy (non-hydrogen) atoms. The van der Waals surface area contributed by atoms with Crippen LogP contribution in [0.3, 0.4) is 0 Å². The zero-order valence-corrected chi connectivity index (χ0v) is 19.0. The molecule has 1 atom stereocenters. The number of hydrogen-bond acceptors (Lipinski definition) is 6. The van der Waals surface area contributed by atoms with Crippen LogP contribution in [-0.2, 0) is 6.54 Å². The number of hydrogen-bond donors (Lipinski definition) is 1. The first-order valence-corrected chi connectivity index (χ1v) is 11.7. The Labute approximate surface area is 189 Å². The number of methoxy groups -OCH3 is 1. The van der Waals surface area contributed by atoms with Gasteiger partial charge in [0.05, 0.1) is 19.0 Å². The van der Waals surface area contributed by atoms with Crippen LogP contribution in [-0.4, -0.2) is 58.4 Å². The van der Waals surface area contributed by atoms with Crippen molar-refractivity contribution >= 4 is 5.95 Å². The van der Waals surface area contributed by atoms with Gasteiger partial charge < -0.3 is 9.64 Å². The second-order valence-electron chi connectivity index (χ2n) is 8.97. The van der Waals surface area contributed by atoms with Gasteiger partial charge in [0.25, 0.3) is 0 Å². The lowest BCUT2D eigenvalue weighted by atomic mass is 9.91. The summed E-state index contributed by atoms with van der Waals surface area (Å²) < 4.78 is 5.69. The van der Waals surface area contributed by atoms with Gasteiger partial charge in [-0.3, -0.25) is 10.00 Å². The molecule has 0 spiro atoms. The molecule has 5 rings (SSSR count). The van der Waals surface area contributed by atoms with Crippen LogP contribution < -0.4 is 9.64 Å². The van der Waals surface area contributed by atoms with Crippen molar-refractivity contribution in [1.29, 1.82) is 0 Å². The maximum atomic E-state index is 5.69. The highest BCUT2D eigenvalue weighted by Crippen LogP contribution is 2.34. The maximum absolute atomic E-state index is 5.69. The van der Waals surface area contributed by atoms with E-state index in [0.29, 0.717) is 5.92 Å². The zero-order chi connectivity index (χ0) is 21.9. The molecule has 0 bridgehead atoms. The van der Waals surface area contributed by atoms with Gasteiger partial charge >= 0.3 is 0 Å². The zero-order valence-electron chi connectivity index (χ0n) is 19.0. The van der Waals surface area contributed by atoms with E-state index in [1.165, 1.54) is 36.1 Å². The van der Waals surface area contributed by atoms with Crippen LogP contribution >= 0.6 is 0 Å². The molecule has 168 valence electrons. The average Bonchev–Trinajstić information content (AvgIpc) is 3.52. The van der Waals surface area contributed by atoms with E-state index in [-0.39, 0.29) is 0 Å². The molecular formula is C25H32N6O. The highest BCUT2D eigenvalue weighted by Gasteiger charge is 2.26. The van der Waals surface area contributed by atoms with Gasteiger partial charge in [-0.15, -0.1) is 0 Å². The second-order valence-corrected chi connectivity index (χ2v) is 8.97. The van der Waals surface area contributed by atoms with Crippen LogP contribution in [0.15, 0.2) is 36.7 Å². The summed E-state index contributed by atoms with van der Waals surface area (Å²) in [6.45, 7) is 7.19. The minimum Gasteiger partial charge on any atom is -0.496 e. The van der Waals surface area contributed by atoms with Crippen LogP contribution in [0.2, 0.25) is 0 Å². The SMILES string of the molecule is COc1c(C)cccc1CN1CCCC(c2[nH]ncc2-c2ccnc(N3CCCC3)n2)C1. The van der Waals surface area contributed by atoms with E-state index in [4.69, 9.17) is 9.72 Å². The fourth-order valence-corrected chi connectivity index (χ4v) is 5.18. The Hall–Kier alpha value is -2.93. The Morgan fingerprint density at radius 3 is 2.84 bits per heavy atom. The highest BCUT2D eigenvalue weighted by molar-refractivity contribution is 5.63. The number of H-pyrrole nitrogens is 1. The van der Waals surface area contributed by atoms with Gasteiger partial charge in [-0.1, -0.05) is 18.2 Å². The van der Waals surface area contributed by atoms with Gasteiger partial charge in [0, 0.05) is 55.1 Å². The lowest BCUT2D eigenvalue weighted by Crippen LogP contribution is -2.34. The number of aromatic nitrogens is 4. The number of nitrogens with zero attached hydrogens (tertiary/aromatic N) is 5. The van der Waals surface area contributed by atoms with E-state index in [2.05, 4.69) is 50.1 Å². The summed E-state index contributed by atoms with van der Waals surface area (Å²) in [5.74, 6) is 2.25. The summed E-state index contributed by atoms with van der Waals surface area (Å²) in [6.07, 6.45) is 8.56. The molecule has 0 saturated carbocycles. The summed E-state index contributed by atoms with van der Waals surface area (Å²) in [7, 11) is 1.76. The van der Waals surface area contributed by atoms with Gasteiger partial charge in [-0.25, -0.2) is 9.97 Å². The quantitative estimate of drug-likeness (QED) is 0.631. The van der Waals surface area contributed by atoms with Gasteiger partial charge in [0.2, 0.25) is 5.95 Å². The Kier molecular flexibility index (Phi) is 6.08. The number of anilines is 1. The lowest BCUT2D eigenvalue weighted by Gasteiger charge is -2.33. The number of benzene rings is 1. The fourth-order valence-electron chi connectivity index (χ4n) is 5.18. The lowest BCUT2D eigenvalue weighted by molar-refractivity contribution is 0.196. The molecule has 1 N–H and O–H groups in total. The third-order valence-electron chi connectivity index (χ3n) is 6.78. The predicted molar refractivity (Wildman–Crippen MR) is 126 cm³/mol. The van der Waals surface area contributed by atoms with Crippen molar-refractivity contribution in [2.75, 3.05) is 38.2 Å². The smallest absolute Gasteiger partial charge is 0.225 e. The molecule has 7 heteroatoms. The number of para-hydroxylation sites is 1. The molecule has 2 fully saturated rings. The first-order valence-electron chi connectivity index (χ1n) is 11.7. The first kappa shape index (κ1) is 20.9. The molecule has 1 unspecified atom stereocenters. The number of rotatable bonds is 6. The van der Waals surface area contributed by atoms with Crippen molar-refractivity contribution in [1.82, 2.24) is 25.1 Å². The van der Waals surface area contributed by atoms with Gasteiger partial charge in [0.1, 0.15) is 5.75 Å². The molecule has 0 radical (unpaired) electrons. The minimum absolute atomic E-state index is 0.405. The van der Waals surface area contributed by atoms with Gasteiger partial charge in [-0.05, 0) is 50.8 Å². The normalized spacial score (nSPS) is 19.4. The van der Waals surface area contributed by atoms with Crippen LogP contribution in [0.4, 0.5) is 5.95 Å². The largest absolute Gasteiger partial charge is 0.496 e. The van der Waals surface area contributed by atoms with Gasteiger partial charge in [0.15, 0.2) is 0 Å². The van der Waals surface area contributed by atoms with Crippen molar-refractivity contribution in [3.05, 3.63) is 53.5 Å². The van der Waals surface area contributed by atoms with Crippen molar-refractivity contribution < 1.29 is 4.74 Å². The maximum Gasteiger partial charge on any atom is 0.225 e. The van der Waals surface area contributed by atoms with E-state index >= 15 is 0 Å². The molecule has 4 heterocycles. The number of likely N-dealkylation sites (tertiary alicyclic amines) is 1. The molecule has 2 saturated heterocycles. The van der Waals surface area contributed by atoms with Crippen molar-refractivity contribution in [2.45, 2.75) is 45.1 Å². The first-order chi connectivity index (χ1) is 15.7.